The highest BCUT2D eigenvalue weighted by atomic mass is 32.2. The van der Waals surface area contributed by atoms with Crippen LogP contribution >= 0.6 is 0 Å². The van der Waals surface area contributed by atoms with Crippen molar-refractivity contribution in [2.24, 2.45) is 0 Å². The van der Waals surface area contributed by atoms with Crippen molar-refractivity contribution in [1.82, 2.24) is 0 Å². The van der Waals surface area contributed by atoms with Gasteiger partial charge in [-0.15, -0.1) is 0 Å². The first kappa shape index (κ1) is 25.0. The van der Waals surface area contributed by atoms with E-state index in [2.05, 4.69) is 18.6 Å². The van der Waals surface area contributed by atoms with Gasteiger partial charge in [0.2, 0.25) is 0 Å². The minimum atomic E-state index is -4.23. The van der Waals surface area contributed by atoms with Gasteiger partial charge in [-0.25, -0.2) is 22.0 Å². The number of Topliss-reactive ketones (excluding diaryl/α,β-unsaturated/α-hetero) is 1. The fourth-order valence-corrected chi connectivity index (χ4v) is 4.16. The molecule has 0 bridgehead atoms. The van der Waals surface area contributed by atoms with Crippen molar-refractivity contribution < 1.29 is 31.5 Å². The highest BCUT2D eigenvalue weighted by Gasteiger charge is 2.18. The minimum absolute atomic E-state index is 0.00500. The van der Waals surface area contributed by atoms with Gasteiger partial charge in [-0.1, -0.05) is 44.2 Å². The van der Waals surface area contributed by atoms with Crippen LogP contribution in [0.3, 0.4) is 0 Å². The van der Waals surface area contributed by atoms with Gasteiger partial charge >= 0.3 is 5.97 Å². The summed E-state index contributed by atoms with van der Waals surface area (Å²) in [7, 11) is -4.23. The third-order valence-corrected chi connectivity index (χ3v) is 6.68. The van der Waals surface area contributed by atoms with Crippen LogP contribution in [0.2, 0.25) is 0 Å². The Labute approximate surface area is 196 Å². The Hall–Kier alpha value is -3.59. The molecule has 0 aliphatic rings. The maximum Gasteiger partial charge on any atom is 0.338 e. The summed E-state index contributed by atoms with van der Waals surface area (Å²) in [6, 6.07) is 14.7. The van der Waals surface area contributed by atoms with E-state index < -0.39 is 39.1 Å². The first-order valence-corrected chi connectivity index (χ1v) is 12.0. The number of hydrogen-bond donors (Lipinski definition) is 1. The van der Waals surface area contributed by atoms with E-state index in [1.54, 1.807) is 12.1 Å². The highest BCUT2D eigenvalue weighted by molar-refractivity contribution is 7.92. The fraction of sp³-hybridized carbons (Fsp3) is 0.200. The first-order valence-electron chi connectivity index (χ1n) is 10.5. The molecule has 1 atom stereocenters. The number of benzene rings is 3. The molecule has 0 heterocycles. The summed E-state index contributed by atoms with van der Waals surface area (Å²) in [5.41, 5.74) is 1.53. The second-order valence-electron chi connectivity index (χ2n) is 7.69. The number of carbonyl (C=O) groups is 2. The van der Waals surface area contributed by atoms with E-state index in [0.717, 1.165) is 18.1 Å². The van der Waals surface area contributed by atoms with Crippen molar-refractivity contribution >= 4 is 27.5 Å². The van der Waals surface area contributed by atoms with Gasteiger partial charge < -0.3 is 4.74 Å². The molecule has 9 heteroatoms. The maximum absolute atomic E-state index is 13.4. The zero-order chi connectivity index (χ0) is 24.9. The topological polar surface area (TPSA) is 89.5 Å². The van der Waals surface area contributed by atoms with E-state index in [-0.39, 0.29) is 17.0 Å². The quantitative estimate of drug-likeness (QED) is 0.326. The summed E-state index contributed by atoms with van der Waals surface area (Å²) < 4.78 is 58.7. The van der Waals surface area contributed by atoms with Gasteiger partial charge in [0.15, 0.2) is 24.0 Å². The molecule has 34 heavy (non-hydrogen) atoms. The molecule has 0 radical (unpaired) electrons. The lowest BCUT2D eigenvalue weighted by molar-refractivity contribution is 0.0475. The Bertz CT molecular complexity index is 1310. The van der Waals surface area contributed by atoms with Crippen LogP contribution in [0.5, 0.6) is 0 Å². The van der Waals surface area contributed by atoms with Crippen molar-refractivity contribution in [3.63, 3.8) is 0 Å². The minimum Gasteiger partial charge on any atom is -0.454 e. The normalized spacial score (nSPS) is 12.1. The second kappa shape index (κ2) is 10.6. The largest absolute Gasteiger partial charge is 0.454 e. The van der Waals surface area contributed by atoms with E-state index in [0.29, 0.717) is 23.6 Å². The molecule has 0 fully saturated rings. The zero-order valence-corrected chi connectivity index (χ0v) is 19.4. The molecular formula is C25H23F2NO5S. The standard InChI is InChI=1S/C25H23F2NO5S/c1-3-16(2)17-7-9-18(10-8-17)24(29)15-33-25(30)19-5-4-6-20(13-19)28-34(31,32)21-11-12-22(26)23(27)14-21/h4-14,16,28H,3,15H2,1-2H3/t16-/m1/s1. The number of esters is 1. The third kappa shape index (κ3) is 6.05. The number of ether oxygens (including phenoxy) is 1. The van der Waals surface area contributed by atoms with Gasteiger partial charge in [0.05, 0.1) is 10.5 Å². The van der Waals surface area contributed by atoms with E-state index >= 15 is 0 Å². The Morgan fingerprint density at radius 2 is 1.65 bits per heavy atom. The molecule has 0 saturated heterocycles. The van der Waals surface area contributed by atoms with Gasteiger partial charge in [0.25, 0.3) is 10.0 Å². The number of ketones is 1. The number of anilines is 1. The summed E-state index contributed by atoms with van der Waals surface area (Å²) in [6.45, 7) is 3.68. The summed E-state index contributed by atoms with van der Waals surface area (Å²) in [5.74, 6) is -3.31. The number of rotatable bonds is 9. The number of nitrogens with one attached hydrogen (secondary N) is 1. The molecular weight excluding hydrogens is 464 g/mol. The maximum atomic E-state index is 13.4. The molecule has 0 aromatic heterocycles. The van der Waals surface area contributed by atoms with Crippen LogP contribution in [0, 0.1) is 11.6 Å². The Balaban J connectivity index is 1.65. The SMILES string of the molecule is CC[C@@H](C)c1ccc(C(=O)COC(=O)c2cccc(NS(=O)(=O)c3ccc(F)c(F)c3)c2)cc1. The predicted octanol–water partition coefficient (Wildman–Crippen LogP) is 5.32. The first-order chi connectivity index (χ1) is 16.1. The molecule has 0 unspecified atom stereocenters. The lowest BCUT2D eigenvalue weighted by Crippen LogP contribution is -2.16. The van der Waals surface area contributed by atoms with E-state index in [9.17, 15) is 26.8 Å². The predicted molar refractivity (Wildman–Crippen MR) is 123 cm³/mol. The monoisotopic (exact) mass is 487 g/mol. The van der Waals surface area contributed by atoms with E-state index in [1.807, 2.05) is 12.1 Å². The lowest BCUT2D eigenvalue weighted by atomic mass is 9.97. The van der Waals surface area contributed by atoms with E-state index in [4.69, 9.17) is 4.74 Å². The van der Waals surface area contributed by atoms with Crippen LogP contribution in [-0.4, -0.2) is 26.8 Å². The van der Waals surface area contributed by atoms with Gasteiger partial charge in [-0.2, -0.15) is 0 Å². The fourth-order valence-electron chi connectivity index (χ4n) is 3.10. The summed E-state index contributed by atoms with van der Waals surface area (Å²) in [5, 5.41) is 0. The van der Waals surface area contributed by atoms with Gasteiger partial charge in [-0.05, 0) is 54.3 Å². The third-order valence-electron chi connectivity index (χ3n) is 5.30. The van der Waals surface area contributed by atoms with Crippen molar-refractivity contribution in [1.29, 1.82) is 0 Å². The van der Waals surface area contributed by atoms with Gasteiger partial charge in [0.1, 0.15) is 0 Å². The van der Waals surface area contributed by atoms with Crippen molar-refractivity contribution in [3.05, 3.63) is 95.1 Å². The average molecular weight is 488 g/mol. The van der Waals surface area contributed by atoms with Crippen molar-refractivity contribution in [2.45, 2.75) is 31.1 Å². The Morgan fingerprint density at radius 3 is 2.29 bits per heavy atom. The second-order valence-corrected chi connectivity index (χ2v) is 9.38. The van der Waals surface area contributed by atoms with Crippen LogP contribution < -0.4 is 4.72 Å². The summed E-state index contributed by atoms with van der Waals surface area (Å²) in [4.78, 5) is 24.3. The van der Waals surface area contributed by atoms with Gasteiger partial charge in [0, 0.05) is 11.3 Å². The molecule has 1 N–H and O–H groups in total. The highest BCUT2D eigenvalue weighted by Crippen LogP contribution is 2.21. The summed E-state index contributed by atoms with van der Waals surface area (Å²) in [6.07, 6.45) is 0.973. The van der Waals surface area contributed by atoms with E-state index in [1.165, 1.54) is 24.3 Å². The molecule has 6 nitrogen and oxygen atoms in total. The molecule has 0 amide bonds. The molecule has 0 saturated carbocycles. The lowest BCUT2D eigenvalue weighted by Gasteiger charge is -2.11. The number of hydrogen-bond acceptors (Lipinski definition) is 5. The smallest absolute Gasteiger partial charge is 0.338 e. The zero-order valence-electron chi connectivity index (χ0n) is 18.5. The van der Waals surface area contributed by atoms with Crippen molar-refractivity contribution in [2.75, 3.05) is 11.3 Å². The van der Waals surface area contributed by atoms with Gasteiger partial charge in [-0.3, -0.25) is 9.52 Å². The number of sulfonamides is 1. The summed E-state index contributed by atoms with van der Waals surface area (Å²) >= 11 is 0. The molecule has 3 rings (SSSR count). The molecule has 3 aromatic rings. The van der Waals surface area contributed by atoms with Crippen LogP contribution in [0.15, 0.2) is 71.6 Å². The molecule has 0 aliphatic carbocycles. The van der Waals surface area contributed by atoms with Crippen LogP contribution in [0.4, 0.5) is 14.5 Å². The van der Waals surface area contributed by atoms with Crippen LogP contribution in [0.25, 0.3) is 0 Å². The Morgan fingerprint density at radius 1 is 0.941 bits per heavy atom. The van der Waals surface area contributed by atoms with Crippen LogP contribution in [-0.2, 0) is 14.8 Å². The molecule has 178 valence electrons. The Kier molecular flexibility index (Phi) is 7.78. The van der Waals surface area contributed by atoms with Crippen molar-refractivity contribution in [3.8, 4) is 0 Å². The molecule has 3 aromatic carbocycles. The average Bonchev–Trinajstić information content (AvgIpc) is 2.83. The molecule has 0 spiro atoms. The number of halogens is 2. The number of carbonyl (C=O) groups excluding carboxylic acids is 2. The molecule has 0 aliphatic heterocycles. The van der Waals surface area contributed by atoms with Crippen LogP contribution in [0.1, 0.15) is 52.5 Å².